The fourth-order valence-corrected chi connectivity index (χ4v) is 1.86. The number of carbonyl (C=O) groups excluding carboxylic acids is 1. The highest BCUT2D eigenvalue weighted by Crippen LogP contribution is 2.13. The van der Waals surface area contributed by atoms with E-state index < -0.39 is 11.9 Å². The Bertz CT molecular complexity index is 649. The van der Waals surface area contributed by atoms with E-state index in [1.807, 2.05) is 20.8 Å². The van der Waals surface area contributed by atoms with Crippen molar-refractivity contribution >= 4 is 6.09 Å². The van der Waals surface area contributed by atoms with Crippen LogP contribution >= 0.6 is 0 Å². The molecular weight excluding hydrogens is 287 g/mol. The third-order valence-electron chi connectivity index (χ3n) is 2.76. The molecular formula is C15H19FN4O2. The zero-order chi connectivity index (χ0) is 16.2. The van der Waals surface area contributed by atoms with E-state index in [-0.39, 0.29) is 12.1 Å². The van der Waals surface area contributed by atoms with Crippen LogP contribution in [-0.2, 0) is 11.2 Å². The van der Waals surface area contributed by atoms with E-state index in [1.165, 1.54) is 10.9 Å². The lowest BCUT2D eigenvalue weighted by Crippen LogP contribution is -2.41. The fraction of sp³-hybridized carbons (Fsp3) is 0.400. The van der Waals surface area contributed by atoms with Crippen LogP contribution in [0.5, 0.6) is 0 Å². The second-order valence-corrected chi connectivity index (χ2v) is 5.87. The summed E-state index contributed by atoms with van der Waals surface area (Å²) in [5, 5.41) is 6.64. The number of nitrogens with one attached hydrogen (secondary N) is 1. The Morgan fingerprint density at radius 3 is 2.82 bits per heavy atom. The first-order valence-electron chi connectivity index (χ1n) is 6.93. The topological polar surface area (TPSA) is 69.0 Å². The van der Waals surface area contributed by atoms with Gasteiger partial charge in [-0.1, -0.05) is 0 Å². The first kappa shape index (κ1) is 15.9. The van der Waals surface area contributed by atoms with Gasteiger partial charge in [-0.05, 0) is 32.4 Å². The van der Waals surface area contributed by atoms with Crippen LogP contribution in [-0.4, -0.2) is 33.0 Å². The molecule has 0 radical (unpaired) electrons. The molecule has 7 heteroatoms. The molecule has 0 saturated carbocycles. The Morgan fingerprint density at radius 2 is 2.18 bits per heavy atom. The zero-order valence-electron chi connectivity index (χ0n) is 12.8. The van der Waals surface area contributed by atoms with Crippen molar-refractivity contribution in [2.24, 2.45) is 0 Å². The molecule has 0 aromatic carbocycles. The van der Waals surface area contributed by atoms with Crippen LogP contribution in [0, 0.1) is 5.82 Å². The maximum absolute atomic E-state index is 13.1. The molecule has 0 aliphatic carbocycles. The van der Waals surface area contributed by atoms with Gasteiger partial charge in [-0.2, -0.15) is 5.10 Å². The minimum Gasteiger partial charge on any atom is -0.449 e. The number of amides is 1. The molecule has 0 saturated heterocycles. The quantitative estimate of drug-likeness (QED) is 0.942. The van der Waals surface area contributed by atoms with Crippen molar-refractivity contribution < 1.29 is 13.9 Å². The SMILES string of the molecule is CC(C)(C)NC(=O)OCCc1cnccc1-n1cc(F)cn1. The van der Waals surface area contributed by atoms with Gasteiger partial charge < -0.3 is 10.1 Å². The average Bonchev–Trinajstić information content (AvgIpc) is 2.84. The smallest absolute Gasteiger partial charge is 0.407 e. The summed E-state index contributed by atoms with van der Waals surface area (Å²) >= 11 is 0. The Kier molecular flexibility index (Phi) is 4.75. The van der Waals surface area contributed by atoms with Crippen molar-refractivity contribution in [1.82, 2.24) is 20.1 Å². The standard InChI is InChI=1S/C15H19FN4O2/c1-15(2,3)19-14(21)22-7-5-11-8-17-6-4-13(11)20-10-12(16)9-18-20/h4,6,8-10H,5,7H2,1-3H3,(H,19,21). The molecule has 0 fully saturated rings. The Hall–Kier alpha value is -2.44. The van der Waals surface area contributed by atoms with E-state index in [4.69, 9.17) is 4.74 Å². The lowest BCUT2D eigenvalue weighted by Gasteiger charge is -2.20. The monoisotopic (exact) mass is 306 g/mol. The van der Waals surface area contributed by atoms with E-state index in [9.17, 15) is 9.18 Å². The normalized spacial score (nSPS) is 11.3. The Balaban J connectivity index is 1.98. The van der Waals surface area contributed by atoms with Crippen LogP contribution < -0.4 is 5.32 Å². The summed E-state index contributed by atoms with van der Waals surface area (Å²) in [5.74, 6) is -0.413. The van der Waals surface area contributed by atoms with Gasteiger partial charge in [-0.15, -0.1) is 0 Å². The van der Waals surface area contributed by atoms with Crippen molar-refractivity contribution in [1.29, 1.82) is 0 Å². The summed E-state index contributed by atoms with van der Waals surface area (Å²) in [6.07, 6.45) is 5.67. The highest BCUT2D eigenvalue weighted by Gasteiger charge is 2.14. The van der Waals surface area contributed by atoms with Crippen molar-refractivity contribution in [2.45, 2.75) is 32.7 Å². The molecule has 22 heavy (non-hydrogen) atoms. The molecule has 0 unspecified atom stereocenters. The number of pyridine rings is 1. The van der Waals surface area contributed by atoms with Crippen molar-refractivity contribution in [3.05, 3.63) is 42.2 Å². The van der Waals surface area contributed by atoms with Gasteiger partial charge in [-0.25, -0.2) is 13.9 Å². The second-order valence-electron chi connectivity index (χ2n) is 5.87. The molecule has 2 rings (SSSR count). The van der Waals surface area contributed by atoms with Crippen LogP contribution in [0.25, 0.3) is 5.69 Å². The predicted molar refractivity (Wildman–Crippen MR) is 79.3 cm³/mol. The highest BCUT2D eigenvalue weighted by atomic mass is 19.1. The molecule has 2 aromatic rings. The number of ether oxygens (including phenoxy) is 1. The van der Waals surface area contributed by atoms with Crippen LogP contribution in [0.2, 0.25) is 0 Å². The van der Waals surface area contributed by atoms with Gasteiger partial charge in [0.15, 0.2) is 5.82 Å². The van der Waals surface area contributed by atoms with Gasteiger partial charge in [0.2, 0.25) is 0 Å². The first-order valence-corrected chi connectivity index (χ1v) is 6.93. The molecule has 0 bridgehead atoms. The molecule has 1 amide bonds. The maximum Gasteiger partial charge on any atom is 0.407 e. The number of carbonyl (C=O) groups is 1. The van der Waals surface area contributed by atoms with Gasteiger partial charge in [0.05, 0.1) is 24.7 Å². The lowest BCUT2D eigenvalue weighted by molar-refractivity contribution is 0.139. The molecule has 2 aromatic heterocycles. The second kappa shape index (κ2) is 6.55. The van der Waals surface area contributed by atoms with Gasteiger partial charge in [-0.3, -0.25) is 4.98 Å². The molecule has 0 aliphatic heterocycles. The van der Waals surface area contributed by atoms with E-state index >= 15 is 0 Å². The molecule has 1 N–H and O–H groups in total. The number of rotatable bonds is 4. The van der Waals surface area contributed by atoms with Crippen molar-refractivity contribution in [3.63, 3.8) is 0 Å². The fourth-order valence-electron chi connectivity index (χ4n) is 1.86. The van der Waals surface area contributed by atoms with Crippen LogP contribution in [0.4, 0.5) is 9.18 Å². The molecule has 118 valence electrons. The summed E-state index contributed by atoms with van der Waals surface area (Å²) in [6, 6.07) is 1.73. The van der Waals surface area contributed by atoms with Gasteiger partial charge in [0, 0.05) is 24.4 Å². The van der Waals surface area contributed by atoms with Crippen molar-refractivity contribution in [2.75, 3.05) is 6.61 Å². The van der Waals surface area contributed by atoms with E-state index in [0.717, 1.165) is 11.8 Å². The zero-order valence-corrected chi connectivity index (χ0v) is 12.8. The first-order chi connectivity index (χ1) is 10.3. The summed E-state index contributed by atoms with van der Waals surface area (Å²) in [7, 11) is 0. The minimum absolute atomic E-state index is 0.199. The van der Waals surface area contributed by atoms with Gasteiger partial charge >= 0.3 is 6.09 Å². The average molecular weight is 306 g/mol. The number of hydrogen-bond donors (Lipinski definition) is 1. The number of alkyl carbamates (subject to hydrolysis) is 1. The third-order valence-corrected chi connectivity index (χ3v) is 2.76. The number of aromatic nitrogens is 3. The summed E-state index contributed by atoms with van der Waals surface area (Å²) in [5.41, 5.74) is 1.18. The van der Waals surface area contributed by atoms with Crippen LogP contribution in [0.3, 0.4) is 0 Å². The Labute approximate surface area is 128 Å². The number of halogens is 1. The van der Waals surface area contributed by atoms with Gasteiger partial charge in [0.25, 0.3) is 0 Å². The summed E-state index contributed by atoms with van der Waals surface area (Å²) in [4.78, 5) is 15.6. The summed E-state index contributed by atoms with van der Waals surface area (Å²) in [6.45, 7) is 5.82. The van der Waals surface area contributed by atoms with Crippen molar-refractivity contribution in [3.8, 4) is 5.69 Å². The number of hydrogen-bond acceptors (Lipinski definition) is 4. The molecule has 2 heterocycles. The largest absolute Gasteiger partial charge is 0.449 e. The molecule has 0 spiro atoms. The van der Waals surface area contributed by atoms with Crippen LogP contribution in [0.15, 0.2) is 30.9 Å². The summed E-state index contributed by atoms with van der Waals surface area (Å²) < 4.78 is 19.7. The highest BCUT2D eigenvalue weighted by molar-refractivity contribution is 5.68. The van der Waals surface area contributed by atoms with Crippen LogP contribution in [0.1, 0.15) is 26.3 Å². The lowest BCUT2D eigenvalue weighted by atomic mass is 10.1. The number of nitrogens with zero attached hydrogens (tertiary/aromatic N) is 3. The third kappa shape index (κ3) is 4.54. The van der Waals surface area contributed by atoms with E-state index in [2.05, 4.69) is 15.4 Å². The molecule has 6 nitrogen and oxygen atoms in total. The van der Waals surface area contributed by atoms with E-state index in [0.29, 0.717) is 12.1 Å². The molecule has 0 aliphatic rings. The Morgan fingerprint density at radius 1 is 1.41 bits per heavy atom. The maximum atomic E-state index is 13.1. The van der Waals surface area contributed by atoms with Gasteiger partial charge in [0.1, 0.15) is 0 Å². The predicted octanol–water partition coefficient (Wildman–Crippen LogP) is 2.47. The molecule has 0 atom stereocenters. The minimum atomic E-state index is -0.469. The van der Waals surface area contributed by atoms with E-state index in [1.54, 1.807) is 18.5 Å².